The first kappa shape index (κ1) is 17.5. The van der Waals surface area contributed by atoms with E-state index in [0.29, 0.717) is 0 Å². The van der Waals surface area contributed by atoms with Crippen LogP contribution in [0.5, 0.6) is 0 Å². The van der Waals surface area contributed by atoms with Gasteiger partial charge in [-0.1, -0.05) is 0 Å². The third kappa shape index (κ3) is 5.04. The van der Waals surface area contributed by atoms with Crippen molar-refractivity contribution in [1.82, 2.24) is 10.2 Å². The second-order valence-corrected chi connectivity index (χ2v) is 5.34. The van der Waals surface area contributed by atoms with Crippen LogP contribution in [0.3, 0.4) is 0 Å². The molecule has 0 saturated carbocycles. The first-order chi connectivity index (χ1) is 9.62. The highest BCUT2D eigenvalue weighted by atomic mass is 79.9. The molecule has 0 unspecified atom stereocenters. The van der Waals surface area contributed by atoms with Gasteiger partial charge in [0.05, 0.1) is 11.1 Å². The minimum absolute atomic E-state index is 0.0541. The van der Waals surface area contributed by atoms with Gasteiger partial charge in [0.25, 0.3) is 5.91 Å². The van der Waals surface area contributed by atoms with Crippen LogP contribution >= 0.6 is 15.9 Å². The molecular formula is C13H14BrF3N2O2. The van der Waals surface area contributed by atoms with Crippen molar-refractivity contribution < 1.29 is 22.8 Å². The van der Waals surface area contributed by atoms with Crippen molar-refractivity contribution in [3.05, 3.63) is 33.8 Å². The van der Waals surface area contributed by atoms with Crippen LogP contribution in [-0.2, 0) is 11.0 Å². The fraction of sp³-hybridized carbons (Fsp3) is 0.385. The number of carbonyl (C=O) groups is 2. The molecule has 8 heteroatoms. The Morgan fingerprint density at radius 2 is 1.90 bits per heavy atom. The number of halogens is 4. The Bertz CT molecular complexity index is 545. The predicted molar refractivity (Wildman–Crippen MR) is 74.8 cm³/mol. The maximum absolute atomic E-state index is 12.6. The second kappa shape index (κ2) is 6.93. The van der Waals surface area contributed by atoms with E-state index in [0.717, 1.165) is 12.1 Å². The summed E-state index contributed by atoms with van der Waals surface area (Å²) in [6.45, 7) is 0.0541. The molecule has 116 valence electrons. The van der Waals surface area contributed by atoms with Crippen molar-refractivity contribution >= 4 is 27.7 Å². The summed E-state index contributed by atoms with van der Waals surface area (Å²) in [7, 11) is 3.15. The van der Waals surface area contributed by atoms with Gasteiger partial charge in [-0.05, 0) is 34.1 Å². The largest absolute Gasteiger partial charge is 0.416 e. The van der Waals surface area contributed by atoms with E-state index in [1.54, 1.807) is 14.1 Å². The van der Waals surface area contributed by atoms with Gasteiger partial charge in [0, 0.05) is 31.5 Å². The molecule has 1 rings (SSSR count). The molecule has 1 N–H and O–H groups in total. The highest BCUT2D eigenvalue weighted by Gasteiger charge is 2.31. The molecule has 0 aromatic heterocycles. The zero-order valence-corrected chi connectivity index (χ0v) is 13.0. The summed E-state index contributed by atoms with van der Waals surface area (Å²) in [6.07, 6.45) is -4.44. The Hall–Kier alpha value is -1.57. The number of nitrogens with one attached hydrogen (secondary N) is 1. The summed E-state index contributed by atoms with van der Waals surface area (Å²) < 4.78 is 38.1. The monoisotopic (exact) mass is 366 g/mol. The minimum Gasteiger partial charge on any atom is -0.351 e. The van der Waals surface area contributed by atoms with Crippen molar-refractivity contribution in [2.24, 2.45) is 0 Å². The van der Waals surface area contributed by atoms with Crippen molar-refractivity contribution in [3.63, 3.8) is 0 Å². The highest BCUT2D eigenvalue weighted by Crippen LogP contribution is 2.31. The van der Waals surface area contributed by atoms with Crippen molar-refractivity contribution in [3.8, 4) is 0 Å². The van der Waals surface area contributed by atoms with Gasteiger partial charge in [-0.2, -0.15) is 13.2 Å². The molecule has 2 amide bonds. The fourth-order valence-corrected chi connectivity index (χ4v) is 1.90. The standard InChI is InChI=1S/C13H14BrF3N2O2/c1-19(2)11(20)5-6-18-12(21)9-7-8(13(15,16)17)3-4-10(9)14/h3-4,7H,5-6H2,1-2H3,(H,18,21). The lowest BCUT2D eigenvalue weighted by atomic mass is 10.1. The Morgan fingerprint density at radius 1 is 1.29 bits per heavy atom. The molecule has 0 spiro atoms. The maximum atomic E-state index is 12.6. The normalized spacial score (nSPS) is 11.1. The Labute approximate surface area is 128 Å². The topological polar surface area (TPSA) is 49.4 Å². The van der Waals surface area contributed by atoms with E-state index in [-0.39, 0.29) is 28.9 Å². The molecule has 21 heavy (non-hydrogen) atoms. The molecule has 0 bridgehead atoms. The van der Waals surface area contributed by atoms with Crippen molar-refractivity contribution in [2.45, 2.75) is 12.6 Å². The molecule has 0 radical (unpaired) electrons. The van der Waals surface area contributed by atoms with E-state index >= 15 is 0 Å². The van der Waals surface area contributed by atoms with Crippen LogP contribution < -0.4 is 5.32 Å². The number of alkyl halides is 3. The third-order valence-electron chi connectivity index (χ3n) is 2.66. The van der Waals surface area contributed by atoms with Crippen LogP contribution in [0.2, 0.25) is 0 Å². The molecule has 4 nitrogen and oxygen atoms in total. The van der Waals surface area contributed by atoms with E-state index in [9.17, 15) is 22.8 Å². The van der Waals surface area contributed by atoms with Gasteiger partial charge in [0.15, 0.2) is 0 Å². The molecule has 0 aliphatic carbocycles. The number of hydrogen-bond acceptors (Lipinski definition) is 2. The van der Waals surface area contributed by atoms with Gasteiger partial charge in [-0.3, -0.25) is 9.59 Å². The molecule has 0 heterocycles. The number of benzene rings is 1. The lowest BCUT2D eigenvalue weighted by Gasteiger charge is -2.12. The average molecular weight is 367 g/mol. The van der Waals surface area contributed by atoms with Gasteiger partial charge >= 0.3 is 6.18 Å². The number of nitrogens with zero attached hydrogens (tertiary/aromatic N) is 1. The highest BCUT2D eigenvalue weighted by molar-refractivity contribution is 9.10. The summed E-state index contributed by atoms with van der Waals surface area (Å²) in [5.41, 5.74) is -1.03. The zero-order valence-electron chi connectivity index (χ0n) is 11.4. The molecule has 1 aromatic carbocycles. The number of rotatable bonds is 4. The fourth-order valence-electron chi connectivity index (χ4n) is 1.48. The Morgan fingerprint density at radius 3 is 2.43 bits per heavy atom. The Kier molecular flexibility index (Phi) is 5.77. The lowest BCUT2D eigenvalue weighted by molar-refractivity contribution is -0.137. The van der Waals surface area contributed by atoms with Gasteiger partial charge in [0.2, 0.25) is 5.91 Å². The first-order valence-electron chi connectivity index (χ1n) is 5.98. The molecule has 1 aromatic rings. The van der Waals surface area contributed by atoms with Crippen molar-refractivity contribution in [2.75, 3.05) is 20.6 Å². The third-order valence-corrected chi connectivity index (χ3v) is 3.35. The van der Waals surface area contributed by atoms with E-state index in [1.165, 1.54) is 11.0 Å². The van der Waals surface area contributed by atoms with Crippen LogP contribution in [-0.4, -0.2) is 37.4 Å². The summed E-state index contributed by atoms with van der Waals surface area (Å²) in [6, 6.07) is 2.83. The Balaban J connectivity index is 2.76. The number of hydrogen-bond donors (Lipinski definition) is 1. The summed E-state index contributed by atoms with van der Waals surface area (Å²) >= 11 is 3.04. The zero-order chi connectivity index (χ0) is 16.2. The van der Waals surface area contributed by atoms with Crippen LogP contribution in [0.1, 0.15) is 22.3 Å². The maximum Gasteiger partial charge on any atom is 0.416 e. The smallest absolute Gasteiger partial charge is 0.351 e. The molecule has 0 atom stereocenters. The lowest BCUT2D eigenvalue weighted by Crippen LogP contribution is -2.30. The summed E-state index contributed by atoms with van der Waals surface area (Å²) in [4.78, 5) is 24.6. The predicted octanol–water partition coefficient (Wildman–Crippen LogP) is 2.68. The molecule has 0 fully saturated rings. The summed E-state index contributed by atoms with van der Waals surface area (Å²) in [5.74, 6) is -0.849. The van der Waals surface area contributed by atoms with E-state index in [2.05, 4.69) is 21.2 Å². The van der Waals surface area contributed by atoms with Crippen molar-refractivity contribution in [1.29, 1.82) is 0 Å². The van der Waals surface area contributed by atoms with E-state index < -0.39 is 17.6 Å². The van der Waals surface area contributed by atoms with Gasteiger partial charge in [-0.15, -0.1) is 0 Å². The van der Waals surface area contributed by atoms with Gasteiger partial charge in [-0.25, -0.2) is 0 Å². The van der Waals surface area contributed by atoms with Crippen LogP contribution in [0, 0.1) is 0 Å². The van der Waals surface area contributed by atoms with Crippen LogP contribution in [0.4, 0.5) is 13.2 Å². The van der Waals surface area contributed by atoms with E-state index in [1.807, 2.05) is 0 Å². The minimum atomic E-state index is -4.52. The quantitative estimate of drug-likeness (QED) is 0.890. The molecule has 0 aliphatic rings. The average Bonchev–Trinajstić information content (AvgIpc) is 2.37. The molecule has 0 aliphatic heterocycles. The molecular weight excluding hydrogens is 353 g/mol. The van der Waals surface area contributed by atoms with Crippen LogP contribution in [0.25, 0.3) is 0 Å². The second-order valence-electron chi connectivity index (χ2n) is 4.49. The molecule has 0 saturated heterocycles. The number of amides is 2. The van der Waals surface area contributed by atoms with Gasteiger partial charge < -0.3 is 10.2 Å². The summed E-state index contributed by atoms with van der Waals surface area (Å²) in [5, 5.41) is 2.42. The van der Waals surface area contributed by atoms with Gasteiger partial charge in [0.1, 0.15) is 0 Å². The SMILES string of the molecule is CN(C)C(=O)CCNC(=O)c1cc(C(F)(F)F)ccc1Br. The van der Waals surface area contributed by atoms with Crippen LogP contribution in [0.15, 0.2) is 22.7 Å². The number of carbonyl (C=O) groups excluding carboxylic acids is 2. The van der Waals surface area contributed by atoms with E-state index in [4.69, 9.17) is 0 Å². The first-order valence-corrected chi connectivity index (χ1v) is 6.77.